The topological polar surface area (TPSA) is 81.7 Å². The number of fused-ring (bicyclic) bond motifs is 1. The van der Waals surface area contributed by atoms with Crippen LogP contribution in [-0.2, 0) is 27.1 Å². The van der Waals surface area contributed by atoms with Crippen LogP contribution in [0.4, 0.5) is 5.69 Å². The van der Waals surface area contributed by atoms with Crippen molar-refractivity contribution in [2.75, 3.05) is 18.5 Å². The van der Waals surface area contributed by atoms with E-state index in [9.17, 15) is 14.4 Å². The van der Waals surface area contributed by atoms with E-state index in [0.717, 1.165) is 32.1 Å². The molecule has 0 radical (unpaired) electrons. The summed E-state index contributed by atoms with van der Waals surface area (Å²) in [5, 5.41) is 2.65. The average molecular weight is 416 g/mol. The quantitative estimate of drug-likeness (QED) is 0.536. The first kappa shape index (κ1) is 21.0. The molecular weight excluding hydrogens is 390 g/mol. The van der Waals surface area contributed by atoms with Crippen LogP contribution in [0.5, 0.6) is 0 Å². The number of hydrogen-bond acceptors (Lipinski definition) is 6. The number of nitrogens with one attached hydrogen (secondary N) is 1. The lowest BCUT2D eigenvalue weighted by molar-refractivity contribution is -0.119. The molecular formula is C22H25NO5S. The average Bonchev–Trinajstić information content (AvgIpc) is 3.01. The molecule has 0 bridgehead atoms. The lowest BCUT2D eigenvalue weighted by Gasteiger charge is -2.07. The van der Waals surface area contributed by atoms with Gasteiger partial charge in [0.2, 0.25) is 0 Å². The Balaban J connectivity index is 1.48. The summed E-state index contributed by atoms with van der Waals surface area (Å²) < 4.78 is 10.2. The summed E-state index contributed by atoms with van der Waals surface area (Å²) in [6.45, 7) is 1.93. The molecule has 0 saturated carbocycles. The van der Waals surface area contributed by atoms with Gasteiger partial charge in [-0.15, -0.1) is 11.3 Å². The van der Waals surface area contributed by atoms with Crippen LogP contribution in [0.15, 0.2) is 30.3 Å². The summed E-state index contributed by atoms with van der Waals surface area (Å²) in [6.07, 6.45) is 6.29. The molecule has 1 aliphatic carbocycles. The van der Waals surface area contributed by atoms with Gasteiger partial charge in [-0.2, -0.15) is 0 Å². The zero-order valence-electron chi connectivity index (χ0n) is 16.5. The van der Waals surface area contributed by atoms with E-state index >= 15 is 0 Å². The van der Waals surface area contributed by atoms with Crippen LogP contribution in [0.25, 0.3) is 0 Å². The summed E-state index contributed by atoms with van der Waals surface area (Å²) in [6, 6.07) is 8.29. The van der Waals surface area contributed by atoms with Crippen molar-refractivity contribution in [2.24, 2.45) is 0 Å². The second-order valence-corrected chi connectivity index (χ2v) is 8.09. The number of ether oxygens (including phenoxy) is 2. The summed E-state index contributed by atoms with van der Waals surface area (Å²) in [4.78, 5) is 37.9. The van der Waals surface area contributed by atoms with Crippen molar-refractivity contribution in [1.82, 2.24) is 0 Å². The Labute approximate surface area is 174 Å². The van der Waals surface area contributed by atoms with Crippen molar-refractivity contribution in [3.8, 4) is 0 Å². The van der Waals surface area contributed by atoms with E-state index in [1.165, 1.54) is 28.2 Å². The minimum Gasteiger partial charge on any atom is -0.462 e. The van der Waals surface area contributed by atoms with E-state index < -0.39 is 17.8 Å². The number of anilines is 1. The number of hydrogen-bond donors (Lipinski definition) is 1. The highest BCUT2D eigenvalue weighted by molar-refractivity contribution is 7.14. The van der Waals surface area contributed by atoms with Crippen molar-refractivity contribution >= 4 is 34.9 Å². The first-order valence-electron chi connectivity index (χ1n) is 9.92. The number of rotatable bonds is 7. The summed E-state index contributed by atoms with van der Waals surface area (Å²) in [5.74, 6) is -1.29. The van der Waals surface area contributed by atoms with Crippen LogP contribution in [0, 0.1) is 0 Å². The van der Waals surface area contributed by atoms with Crippen molar-refractivity contribution in [1.29, 1.82) is 0 Å². The standard InChI is InChI=1S/C22H25NO5S/c1-2-12-27-21(25)15-8-10-17(11-9-15)23-20(24)14-28-22(26)19-13-16-6-4-3-5-7-18(16)29-19/h8-11,13H,2-7,12,14H2,1H3,(H,23,24). The fourth-order valence-electron chi connectivity index (χ4n) is 3.14. The number of carbonyl (C=O) groups is 3. The third kappa shape index (κ3) is 5.90. The third-order valence-electron chi connectivity index (χ3n) is 4.62. The van der Waals surface area contributed by atoms with Gasteiger partial charge in [0.15, 0.2) is 6.61 Å². The second-order valence-electron chi connectivity index (χ2n) is 6.96. The fraction of sp³-hybridized carbons (Fsp3) is 0.409. The molecule has 29 heavy (non-hydrogen) atoms. The van der Waals surface area contributed by atoms with Gasteiger partial charge in [-0.25, -0.2) is 9.59 Å². The molecule has 1 heterocycles. The second kappa shape index (κ2) is 10.2. The van der Waals surface area contributed by atoms with Gasteiger partial charge >= 0.3 is 11.9 Å². The lowest BCUT2D eigenvalue weighted by atomic mass is 10.1. The Kier molecular flexibility index (Phi) is 7.41. The summed E-state index contributed by atoms with van der Waals surface area (Å²) in [5.41, 5.74) is 2.17. The minimum absolute atomic E-state index is 0.359. The molecule has 2 aromatic rings. The van der Waals surface area contributed by atoms with Gasteiger partial charge in [-0.1, -0.05) is 13.3 Å². The van der Waals surface area contributed by atoms with Crippen LogP contribution in [0.3, 0.4) is 0 Å². The maximum atomic E-state index is 12.3. The van der Waals surface area contributed by atoms with E-state index in [1.807, 2.05) is 13.0 Å². The maximum Gasteiger partial charge on any atom is 0.348 e. The Morgan fingerprint density at radius 2 is 1.76 bits per heavy atom. The summed E-state index contributed by atoms with van der Waals surface area (Å²) in [7, 11) is 0. The Morgan fingerprint density at radius 3 is 2.52 bits per heavy atom. The highest BCUT2D eigenvalue weighted by Crippen LogP contribution is 2.29. The molecule has 0 atom stereocenters. The number of thiophene rings is 1. The molecule has 1 N–H and O–H groups in total. The number of benzene rings is 1. The van der Waals surface area contributed by atoms with Crippen LogP contribution in [0.1, 0.15) is 63.1 Å². The predicted octanol–water partition coefficient (Wildman–Crippen LogP) is 4.38. The number of aryl methyl sites for hydroxylation is 2. The molecule has 0 fully saturated rings. The first-order valence-corrected chi connectivity index (χ1v) is 10.7. The Bertz CT molecular complexity index is 848. The molecule has 0 unspecified atom stereocenters. The maximum absolute atomic E-state index is 12.3. The van der Waals surface area contributed by atoms with E-state index in [-0.39, 0.29) is 6.61 Å². The van der Waals surface area contributed by atoms with Gasteiger partial charge in [0.1, 0.15) is 4.88 Å². The number of carbonyl (C=O) groups excluding carboxylic acids is 3. The van der Waals surface area contributed by atoms with Crippen LogP contribution in [0.2, 0.25) is 0 Å². The molecule has 1 aromatic carbocycles. The van der Waals surface area contributed by atoms with Crippen molar-refractivity contribution in [3.05, 3.63) is 51.2 Å². The first-order chi connectivity index (χ1) is 14.1. The SMILES string of the molecule is CCCOC(=O)c1ccc(NC(=O)COC(=O)c2cc3c(s2)CCCCC3)cc1. The molecule has 1 amide bonds. The van der Waals surface area contributed by atoms with Crippen LogP contribution >= 0.6 is 11.3 Å². The normalized spacial score (nSPS) is 13.1. The van der Waals surface area contributed by atoms with Crippen molar-refractivity contribution in [3.63, 3.8) is 0 Å². The lowest BCUT2D eigenvalue weighted by Crippen LogP contribution is -2.20. The fourth-order valence-corrected chi connectivity index (χ4v) is 4.28. The van der Waals surface area contributed by atoms with Gasteiger partial charge in [0.05, 0.1) is 12.2 Å². The van der Waals surface area contributed by atoms with Gasteiger partial charge in [-0.05, 0) is 68.0 Å². The molecule has 0 spiro atoms. The van der Waals surface area contributed by atoms with Gasteiger partial charge in [0.25, 0.3) is 5.91 Å². The van der Waals surface area contributed by atoms with Gasteiger partial charge < -0.3 is 14.8 Å². The van der Waals surface area contributed by atoms with Gasteiger partial charge in [0, 0.05) is 10.6 Å². The number of amides is 1. The van der Waals surface area contributed by atoms with Crippen molar-refractivity contribution in [2.45, 2.75) is 45.4 Å². The molecule has 1 aromatic heterocycles. The molecule has 6 nitrogen and oxygen atoms in total. The highest BCUT2D eigenvalue weighted by Gasteiger charge is 2.18. The Hall–Kier alpha value is -2.67. The molecule has 0 aliphatic heterocycles. The van der Waals surface area contributed by atoms with E-state index in [1.54, 1.807) is 24.3 Å². The van der Waals surface area contributed by atoms with E-state index in [2.05, 4.69) is 5.32 Å². The van der Waals surface area contributed by atoms with Gasteiger partial charge in [-0.3, -0.25) is 4.79 Å². The largest absolute Gasteiger partial charge is 0.462 e. The zero-order valence-corrected chi connectivity index (χ0v) is 17.3. The molecule has 7 heteroatoms. The molecule has 1 aliphatic rings. The van der Waals surface area contributed by atoms with Crippen LogP contribution < -0.4 is 5.32 Å². The van der Waals surface area contributed by atoms with E-state index in [4.69, 9.17) is 9.47 Å². The molecule has 0 saturated heterocycles. The monoisotopic (exact) mass is 415 g/mol. The third-order valence-corrected chi connectivity index (χ3v) is 5.84. The number of esters is 2. The minimum atomic E-state index is -0.466. The van der Waals surface area contributed by atoms with Crippen LogP contribution in [-0.4, -0.2) is 31.1 Å². The van der Waals surface area contributed by atoms with Crippen molar-refractivity contribution < 1.29 is 23.9 Å². The van der Waals surface area contributed by atoms with E-state index in [0.29, 0.717) is 22.7 Å². The predicted molar refractivity (Wildman–Crippen MR) is 112 cm³/mol. The smallest absolute Gasteiger partial charge is 0.348 e. The zero-order chi connectivity index (χ0) is 20.6. The Morgan fingerprint density at radius 1 is 1.00 bits per heavy atom. The highest BCUT2D eigenvalue weighted by atomic mass is 32.1. The molecule has 154 valence electrons. The molecule has 3 rings (SSSR count). The summed E-state index contributed by atoms with van der Waals surface area (Å²) >= 11 is 1.47.